The summed E-state index contributed by atoms with van der Waals surface area (Å²) >= 11 is 0. The van der Waals surface area contributed by atoms with Crippen LogP contribution in [0.3, 0.4) is 0 Å². The van der Waals surface area contributed by atoms with Crippen molar-refractivity contribution in [3.8, 4) is 0 Å². The Labute approximate surface area is 139 Å². The molecule has 0 unspecified atom stereocenters. The molecule has 1 aromatic rings. The third kappa shape index (κ3) is 4.14. The summed E-state index contributed by atoms with van der Waals surface area (Å²) in [5.41, 5.74) is 2.14. The Bertz CT molecular complexity index is 537. The van der Waals surface area contributed by atoms with Gasteiger partial charge in [-0.15, -0.1) is 0 Å². The van der Waals surface area contributed by atoms with Crippen molar-refractivity contribution in [1.29, 1.82) is 0 Å². The van der Waals surface area contributed by atoms with Gasteiger partial charge in [-0.05, 0) is 64.6 Å². The molecule has 2 aliphatic rings. The molecular weight excluding hydrogens is 288 g/mol. The van der Waals surface area contributed by atoms with E-state index in [4.69, 9.17) is 0 Å². The lowest BCUT2D eigenvalue weighted by Gasteiger charge is -2.44. The van der Waals surface area contributed by atoms with E-state index in [-0.39, 0.29) is 5.91 Å². The fraction of sp³-hybridized carbons (Fsp3) is 0.778. The Kier molecular flexibility index (Phi) is 5.36. The van der Waals surface area contributed by atoms with Gasteiger partial charge in [0, 0.05) is 31.2 Å². The number of carbonyl (C=O) groups is 1. The van der Waals surface area contributed by atoms with Crippen molar-refractivity contribution in [3.05, 3.63) is 17.5 Å². The Morgan fingerprint density at radius 2 is 2.09 bits per heavy atom. The number of piperidine rings is 2. The molecule has 0 bridgehead atoms. The van der Waals surface area contributed by atoms with Gasteiger partial charge in [-0.3, -0.25) is 9.48 Å². The summed E-state index contributed by atoms with van der Waals surface area (Å²) in [5, 5.41) is 7.59. The second-order valence-corrected chi connectivity index (χ2v) is 7.21. The molecule has 1 amide bonds. The molecule has 1 N–H and O–H groups in total. The Balaban J connectivity index is 1.44. The predicted molar refractivity (Wildman–Crippen MR) is 91.3 cm³/mol. The quantitative estimate of drug-likeness (QED) is 0.906. The molecule has 2 aliphatic heterocycles. The molecule has 2 atom stereocenters. The molecule has 3 heterocycles. The first kappa shape index (κ1) is 16.5. The van der Waals surface area contributed by atoms with E-state index >= 15 is 0 Å². The molecule has 1 aromatic heterocycles. The van der Waals surface area contributed by atoms with Crippen molar-refractivity contribution in [2.75, 3.05) is 19.6 Å². The molecule has 23 heavy (non-hydrogen) atoms. The summed E-state index contributed by atoms with van der Waals surface area (Å²) in [7, 11) is 0. The Morgan fingerprint density at radius 1 is 1.26 bits per heavy atom. The molecule has 0 radical (unpaired) electrons. The number of hydrogen-bond donors (Lipinski definition) is 1. The van der Waals surface area contributed by atoms with Crippen LogP contribution in [-0.4, -0.2) is 46.3 Å². The molecule has 5 nitrogen and oxygen atoms in total. The fourth-order valence-corrected chi connectivity index (χ4v) is 4.26. The first-order valence-electron chi connectivity index (χ1n) is 9.15. The highest BCUT2D eigenvalue weighted by Crippen LogP contribution is 2.30. The average molecular weight is 318 g/mol. The lowest BCUT2D eigenvalue weighted by Crippen LogP contribution is -2.51. The molecule has 3 rings (SSSR count). The van der Waals surface area contributed by atoms with Gasteiger partial charge in [0.2, 0.25) is 5.91 Å². The maximum absolute atomic E-state index is 12.2. The predicted octanol–water partition coefficient (Wildman–Crippen LogP) is 2.27. The number of fused-ring (bicyclic) bond motifs is 1. The van der Waals surface area contributed by atoms with Crippen molar-refractivity contribution < 1.29 is 4.79 Å². The van der Waals surface area contributed by atoms with E-state index in [1.165, 1.54) is 45.2 Å². The van der Waals surface area contributed by atoms with E-state index in [0.717, 1.165) is 17.9 Å². The zero-order valence-electron chi connectivity index (χ0n) is 14.6. The van der Waals surface area contributed by atoms with Gasteiger partial charge in [0.05, 0.1) is 5.69 Å². The number of hydrogen-bond acceptors (Lipinski definition) is 3. The summed E-state index contributed by atoms with van der Waals surface area (Å²) in [6.07, 6.45) is 7.07. The van der Waals surface area contributed by atoms with E-state index in [2.05, 4.69) is 21.4 Å². The highest BCUT2D eigenvalue weighted by molar-refractivity contribution is 5.75. The van der Waals surface area contributed by atoms with E-state index < -0.39 is 0 Å². The fourth-order valence-electron chi connectivity index (χ4n) is 4.26. The van der Waals surface area contributed by atoms with Crippen LogP contribution < -0.4 is 5.32 Å². The van der Waals surface area contributed by atoms with Gasteiger partial charge in [-0.25, -0.2) is 0 Å². The number of aromatic nitrogens is 2. The minimum atomic E-state index is 0.158. The van der Waals surface area contributed by atoms with Crippen molar-refractivity contribution in [1.82, 2.24) is 20.0 Å². The second kappa shape index (κ2) is 7.47. The van der Waals surface area contributed by atoms with Crippen molar-refractivity contribution in [3.63, 3.8) is 0 Å². The molecular formula is C18H30N4O. The van der Waals surface area contributed by atoms with E-state index in [1.54, 1.807) is 0 Å². The third-order valence-electron chi connectivity index (χ3n) is 5.44. The van der Waals surface area contributed by atoms with Gasteiger partial charge in [-0.2, -0.15) is 5.10 Å². The molecule has 128 valence electrons. The van der Waals surface area contributed by atoms with Crippen molar-refractivity contribution >= 4 is 5.91 Å². The summed E-state index contributed by atoms with van der Waals surface area (Å²) in [4.78, 5) is 14.8. The van der Waals surface area contributed by atoms with Crippen LogP contribution in [-0.2, 0) is 11.3 Å². The highest BCUT2D eigenvalue weighted by Gasteiger charge is 2.32. The van der Waals surface area contributed by atoms with Crippen LogP contribution in [0.5, 0.6) is 0 Å². The van der Waals surface area contributed by atoms with Crippen LogP contribution in [0.1, 0.15) is 49.9 Å². The van der Waals surface area contributed by atoms with Crippen molar-refractivity contribution in [2.24, 2.45) is 5.92 Å². The standard InChI is InChI=1S/C18H30N4O/c1-14-12-15(2)22(20-14)11-8-18(23)19-13-16-6-5-10-21-9-4-3-7-17(16)21/h12,16-17H,3-11,13H2,1-2H3,(H,19,23)/t16-,17-/m1/s1. The zero-order chi connectivity index (χ0) is 16.2. The van der Waals surface area contributed by atoms with E-state index in [1.807, 2.05) is 18.5 Å². The number of carbonyl (C=O) groups excluding carboxylic acids is 1. The molecule has 0 spiro atoms. The lowest BCUT2D eigenvalue weighted by atomic mass is 9.83. The number of amides is 1. The zero-order valence-corrected chi connectivity index (χ0v) is 14.6. The summed E-state index contributed by atoms with van der Waals surface area (Å²) in [5.74, 6) is 0.798. The Hall–Kier alpha value is -1.36. The molecule has 0 aromatic carbocycles. The number of rotatable bonds is 5. The van der Waals surface area contributed by atoms with Gasteiger partial charge >= 0.3 is 0 Å². The number of nitrogens with one attached hydrogen (secondary N) is 1. The normalized spacial score (nSPS) is 25.1. The van der Waals surface area contributed by atoms with Crippen LogP contribution in [0.15, 0.2) is 6.07 Å². The van der Waals surface area contributed by atoms with Gasteiger partial charge in [-0.1, -0.05) is 6.42 Å². The summed E-state index contributed by atoms with van der Waals surface area (Å²) in [6.45, 7) is 8.06. The van der Waals surface area contributed by atoms with E-state index in [9.17, 15) is 4.79 Å². The Morgan fingerprint density at radius 3 is 2.87 bits per heavy atom. The first-order valence-corrected chi connectivity index (χ1v) is 9.15. The van der Waals surface area contributed by atoms with Crippen LogP contribution in [0, 0.1) is 19.8 Å². The topological polar surface area (TPSA) is 50.2 Å². The third-order valence-corrected chi connectivity index (χ3v) is 5.44. The van der Waals surface area contributed by atoms with Gasteiger partial charge < -0.3 is 10.2 Å². The molecule has 5 heteroatoms. The lowest BCUT2D eigenvalue weighted by molar-refractivity contribution is -0.121. The SMILES string of the molecule is Cc1cc(C)n(CCC(=O)NC[C@H]2CCCN3CCCC[C@H]23)n1. The van der Waals surface area contributed by atoms with Gasteiger partial charge in [0.15, 0.2) is 0 Å². The monoisotopic (exact) mass is 318 g/mol. The maximum Gasteiger partial charge on any atom is 0.221 e. The second-order valence-electron chi connectivity index (χ2n) is 7.21. The highest BCUT2D eigenvalue weighted by atomic mass is 16.1. The molecule has 0 saturated carbocycles. The molecule has 2 fully saturated rings. The first-order chi connectivity index (χ1) is 11.1. The van der Waals surface area contributed by atoms with Crippen molar-refractivity contribution in [2.45, 2.75) is 65.0 Å². The summed E-state index contributed by atoms with van der Waals surface area (Å²) < 4.78 is 1.93. The minimum Gasteiger partial charge on any atom is -0.356 e. The average Bonchev–Trinajstić information content (AvgIpc) is 2.88. The van der Waals surface area contributed by atoms with E-state index in [0.29, 0.717) is 24.9 Å². The van der Waals surface area contributed by atoms with Gasteiger partial charge in [0.25, 0.3) is 0 Å². The maximum atomic E-state index is 12.2. The van der Waals surface area contributed by atoms with Crippen LogP contribution in [0.4, 0.5) is 0 Å². The molecule has 0 aliphatic carbocycles. The van der Waals surface area contributed by atoms with Crippen LogP contribution in [0.2, 0.25) is 0 Å². The molecule has 2 saturated heterocycles. The largest absolute Gasteiger partial charge is 0.356 e. The minimum absolute atomic E-state index is 0.158. The number of nitrogens with zero attached hydrogens (tertiary/aromatic N) is 3. The van der Waals surface area contributed by atoms with Crippen LogP contribution >= 0.6 is 0 Å². The van der Waals surface area contributed by atoms with Crippen LogP contribution in [0.25, 0.3) is 0 Å². The summed E-state index contributed by atoms with van der Waals surface area (Å²) in [6, 6.07) is 2.76. The number of aryl methyl sites for hydroxylation is 3. The van der Waals surface area contributed by atoms with Gasteiger partial charge in [0.1, 0.15) is 0 Å². The smallest absolute Gasteiger partial charge is 0.221 e.